The fraction of sp³-hybridized carbons (Fsp3) is 0.667. The fourth-order valence-corrected chi connectivity index (χ4v) is 2.34. The first-order valence-electron chi connectivity index (χ1n) is 6.24. The van der Waals surface area contributed by atoms with Crippen LogP contribution in [0.1, 0.15) is 18.2 Å². The minimum atomic E-state index is 0.125. The van der Waals surface area contributed by atoms with Crippen molar-refractivity contribution in [1.29, 1.82) is 0 Å². The molecule has 100 valence electrons. The van der Waals surface area contributed by atoms with Gasteiger partial charge < -0.3 is 15.4 Å². The molecule has 18 heavy (non-hydrogen) atoms. The van der Waals surface area contributed by atoms with Gasteiger partial charge in [-0.05, 0) is 12.5 Å². The third-order valence-electron chi connectivity index (χ3n) is 3.36. The number of aliphatic imine (C=N–C) groups is 1. The zero-order valence-corrected chi connectivity index (χ0v) is 11.2. The topological polar surface area (TPSA) is 63.5 Å². The Balaban J connectivity index is 1.98. The van der Waals surface area contributed by atoms with E-state index >= 15 is 0 Å². The number of hydrogen-bond donors (Lipinski definition) is 2. The van der Waals surface area contributed by atoms with Crippen LogP contribution in [0.25, 0.3) is 0 Å². The summed E-state index contributed by atoms with van der Waals surface area (Å²) in [7, 11) is 5.58. The number of nitrogens with one attached hydrogen (secondary N) is 2. The highest BCUT2D eigenvalue weighted by molar-refractivity contribution is 5.79. The van der Waals surface area contributed by atoms with Gasteiger partial charge >= 0.3 is 0 Å². The van der Waals surface area contributed by atoms with Crippen LogP contribution >= 0.6 is 0 Å². The Morgan fingerprint density at radius 3 is 3.11 bits per heavy atom. The molecule has 0 aromatic carbocycles. The summed E-state index contributed by atoms with van der Waals surface area (Å²) in [5.41, 5.74) is 1.14. The Morgan fingerprint density at radius 2 is 2.50 bits per heavy atom. The number of aryl methyl sites for hydroxylation is 1. The van der Waals surface area contributed by atoms with Gasteiger partial charge in [-0.25, -0.2) is 0 Å². The van der Waals surface area contributed by atoms with E-state index in [0.717, 1.165) is 31.2 Å². The predicted molar refractivity (Wildman–Crippen MR) is 70.4 cm³/mol. The molecule has 2 atom stereocenters. The summed E-state index contributed by atoms with van der Waals surface area (Å²) < 4.78 is 7.71. The molecule has 0 radical (unpaired) electrons. The lowest BCUT2D eigenvalue weighted by atomic mass is 9.99. The Morgan fingerprint density at radius 1 is 1.67 bits per heavy atom. The molecule has 2 N–H and O–H groups in total. The van der Waals surface area contributed by atoms with E-state index in [1.807, 2.05) is 31.0 Å². The highest BCUT2D eigenvalue weighted by Crippen LogP contribution is 2.33. The lowest BCUT2D eigenvalue weighted by Crippen LogP contribution is -2.38. The normalized spacial score (nSPS) is 24.3. The van der Waals surface area contributed by atoms with E-state index in [1.54, 1.807) is 7.05 Å². The summed E-state index contributed by atoms with van der Waals surface area (Å²) in [5, 5.41) is 10.5. The highest BCUT2D eigenvalue weighted by Gasteiger charge is 2.31. The van der Waals surface area contributed by atoms with E-state index in [0.29, 0.717) is 5.92 Å². The monoisotopic (exact) mass is 251 g/mol. The maximum atomic E-state index is 5.83. The Labute approximate surface area is 107 Å². The molecule has 1 aromatic rings. The molecule has 1 aliphatic rings. The van der Waals surface area contributed by atoms with Crippen LogP contribution < -0.4 is 10.6 Å². The van der Waals surface area contributed by atoms with Crippen molar-refractivity contribution < 1.29 is 4.74 Å². The van der Waals surface area contributed by atoms with Gasteiger partial charge in [-0.15, -0.1) is 0 Å². The second kappa shape index (κ2) is 5.86. The number of hydrogen-bond acceptors (Lipinski definition) is 3. The largest absolute Gasteiger partial charge is 0.372 e. The maximum Gasteiger partial charge on any atom is 0.190 e. The molecule has 0 aliphatic carbocycles. The zero-order chi connectivity index (χ0) is 13.0. The molecule has 6 heteroatoms. The number of ether oxygens (including phenoxy) is 1. The molecule has 0 spiro atoms. The molecule has 2 rings (SSSR count). The minimum Gasteiger partial charge on any atom is -0.372 e. The summed E-state index contributed by atoms with van der Waals surface area (Å²) in [5.74, 6) is 1.26. The van der Waals surface area contributed by atoms with Crippen LogP contribution in [0.5, 0.6) is 0 Å². The zero-order valence-electron chi connectivity index (χ0n) is 11.2. The van der Waals surface area contributed by atoms with Gasteiger partial charge in [0.05, 0.1) is 5.69 Å². The van der Waals surface area contributed by atoms with Crippen LogP contribution in [0.2, 0.25) is 0 Å². The molecule has 1 fully saturated rings. The van der Waals surface area contributed by atoms with Crippen molar-refractivity contribution >= 4 is 5.96 Å². The van der Waals surface area contributed by atoms with E-state index in [4.69, 9.17) is 4.74 Å². The molecular formula is C12H21N5O. The van der Waals surface area contributed by atoms with Crippen LogP contribution in [-0.4, -0.2) is 43.0 Å². The Hall–Kier alpha value is -1.56. The molecule has 6 nitrogen and oxygen atoms in total. The van der Waals surface area contributed by atoms with Crippen molar-refractivity contribution in [1.82, 2.24) is 20.4 Å². The van der Waals surface area contributed by atoms with Gasteiger partial charge in [-0.1, -0.05) is 0 Å². The lowest BCUT2D eigenvalue weighted by Gasteiger charge is -2.20. The maximum absolute atomic E-state index is 5.83. The molecule has 2 heterocycles. The molecule has 1 saturated heterocycles. The smallest absolute Gasteiger partial charge is 0.190 e. The summed E-state index contributed by atoms with van der Waals surface area (Å²) in [4.78, 5) is 4.11. The molecule has 0 unspecified atom stereocenters. The van der Waals surface area contributed by atoms with Crippen molar-refractivity contribution in [3.63, 3.8) is 0 Å². The summed E-state index contributed by atoms with van der Waals surface area (Å²) in [6.07, 6.45) is 3.00. The second-order valence-electron chi connectivity index (χ2n) is 4.42. The first-order chi connectivity index (χ1) is 8.76. The van der Waals surface area contributed by atoms with Crippen molar-refractivity contribution in [2.75, 3.05) is 27.2 Å². The van der Waals surface area contributed by atoms with Crippen LogP contribution in [0.3, 0.4) is 0 Å². The lowest BCUT2D eigenvalue weighted by molar-refractivity contribution is 0.0848. The highest BCUT2D eigenvalue weighted by atomic mass is 16.5. The third-order valence-corrected chi connectivity index (χ3v) is 3.36. The molecular weight excluding hydrogens is 230 g/mol. The van der Waals surface area contributed by atoms with Crippen molar-refractivity contribution in [3.05, 3.63) is 18.0 Å². The summed E-state index contributed by atoms with van der Waals surface area (Å²) >= 11 is 0. The summed E-state index contributed by atoms with van der Waals surface area (Å²) in [6, 6.07) is 2.02. The molecule has 0 bridgehead atoms. The van der Waals surface area contributed by atoms with Crippen molar-refractivity contribution in [3.8, 4) is 0 Å². The first kappa shape index (κ1) is 12.9. The van der Waals surface area contributed by atoms with Crippen LogP contribution in [0, 0.1) is 5.92 Å². The Kier molecular flexibility index (Phi) is 4.19. The molecule has 0 amide bonds. The number of nitrogens with zero attached hydrogens (tertiary/aromatic N) is 3. The van der Waals surface area contributed by atoms with E-state index in [1.165, 1.54) is 0 Å². The molecule has 1 aromatic heterocycles. The van der Waals surface area contributed by atoms with Gasteiger partial charge in [-0.2, -0.15) is 5.10 Å². The molecule has 1 aliphatic heterocycles. The van der Waals surface area contributed by atoms with Crippen LogP contribution in [-0.2, 0) is 11.8 Å². The standard InChI is InChI=1S/C12H21N5O/c1-13-12(14-2)15-8-9-5-7-18-11(9)10-4-6-16-17(10)3/h4,6,9,11H,5,7-8H2,1-3H3,(H2,13,14,15)/t9-,11+/m0/s1. The van der Waals surface area contributed by atoms with Gasteiger partial charge in [0.25, 0.3) is 0 Å². The van der Waals surface area contributed by atoms with Gasteiger partial charge in [0, 0.05) is 46.4 Å². The summed E-state index contributed by atoms with van der Waals surface area (Å²) in [6.45, 7) is 1.66. The third kappa shape index (κ3) is 2.64. The van der Waals surface area contributed by atoms with Gasteiger partial charge in [-0.3, -0.25) is 9.67 Å². The number of guanidine groups is 1. The van der Waals surface area contributed by atoms with E-state index in [9.17, 15) is 0 Å². The van der Waals surface area contributed by atoms with Gasteiger partial charge in [0.15, 0.2) is 5.96 Å². The van der Waals surface area contributed by atoms with Crippen molar-refractivity contribution in [2.45, 2.75) is 12.5 Å². The van der Waals surface area contributed by atoms with Crippen molar-refractivity contribution in [2.24, 2.45) is 18.0 Å². The Bertz CT molecular complexity index is 414. The quantitative estimate of drug-likeness (QED) is 0.599. The first-order valence-corrected chi connectivity index (χ1v) is 6.24. The number of aromatic nitrogens is 2. The van der Waals surface area contributed by atoms with Crippen LogP contribution in [0.4, 0.5) is 0 Å². The van der Waals surface area contributed by atoms with E-state index in [2.05, 4.69) is 20.7 Å². The minimum absolute atomic E-state index is 0.125. The van der Waals surface area contributed by atoms with E-state index < -0.39 is 0 Å². The van der Waals surface area contributed by atoms with Crippen LogP contribution in [0.15, 0.2) is 17.3 Å². The van der Waals surface area contributed by atoms with Gasteiger partial charge in [0.2, 0.25) is 0 Å². The number of rotatable bonds is 3. The fourth-order valence-electron chi connectivity index (χ4n) is 2.34. The average Bonchev–Trinajstić information content (AvgIpc) is 2.99. The average molecular weight is 251 g/mol. The second-order valence-corrected chi connectivity index (χ2v) is 4.42. The van der Waals surface area contributed by atoms with E-state index in [-0.39, 0.29) is 6.10 Å². The SMILES string of the molecule is CN=C(NC)NC[C@@H]1CCO[C@H]1c1ccnn1C. The van der Waals surface area contributed by atoms with Gasteiger partial charge in [0.1, 0.15) is 6.10 Å². The molecule has 0 saturated carbocycles. The predicted octanol–water partition coefficient (Wildman–Crippen LogP) is 0.292.